The summed E-state index contributed by atoms with van der Waals surface area (Å²) >= 11 is 0. The number of carbonyl (C=O) groups is 2. The van der Waals surface area contributed by atoms with Crippen LogP contribution in [0.4, 0.5) is 5.69 Å². The average molecular weight is 303 g/mol. The zero-order chi connectivity index (χ0) is 15.5. The molecular formula is C16H21N3O3. The topological polar surface area (TPSA) is 62.7 Å². The number of pyridine rings is 1. The molecule has 0 atom stereocenters. The van der Waals surface area contributed by atoms with Crippen molar-refractivity contribution in [1.29, 1.82) is 0 Å². The minimum Gasteiger partial charge on any atom is -0.465 e. The second-order valence-electron chi connectivity index (χ2n) is 5.86. The van der Waals surface area contributed by atoms with Gasteiger partial charge in [-0.2, -0.15) is 0 Å². The van der Waals surface area contributed by atoms with E-state index in [0.717, 1.165) is 44.7 Å². The van der Waals surface area contributed by atoms with E-state index in [0.29, 0.717) is 11.5 Å². The molecule has 2 aliphatic rings. The van der Waals surface area contributed by atoms with Crippen molar-refractivity contribution in [1.82, 2.24) is 9.88 Å². The molecule has 6 heteroatoms. The molecule has 0 radical (unpaired) electrons. The van der Waals surface area contributed by atoms with Crippen LogP contribution in [0, 0.1) is 5.92 Å². The van der Waals surface area contributed by atoms with Crippen molar-refractivity contribution in [2.75, 3.05) is 38.2 Å². The third kappa shape index (κ3) is 2.91. The number of aromatic nitrogens is 1. The molecule has 0 aromatic carbocycles. The van der Waals surface area contributed by atoms with Gasteiger partial charge in [-0.1, -0.05) is 6.42 Å². The largest absolute Gasteiger partial charge is 0.465 e. The maximum atomic E-state index is 12.2. The van der Waals surface area contributed by atoms with Gasteiger partial charge in [-0.3, -0.25) is 9.78 Å². The summed E-state index contributed by atoms with van der Waals surface area (Å²) in [5.41, 5.74) is 1.35. The number of methoxy groups -OCH3 is 1. The standard InChI is InChI=1S/C16H21N3O3/c1-22-16(21)13-9-14(11-17-10-13)18-5-7-19(8-6-18)15(20)12-3-2-4-12/h9-12H,2-8H2,1H3. The van der Waals surface area contributed by atoms with Crippen molar-refractivity contribution in [3.63, 3.8) is 0 Å². The van der Waals surface area contributed by atoms with Gasteiger partial charge in [-0.25, -0.2) is 4.79 Å². The first-order valence-electron chi connectivity index (χ1n) is 7.76. The molecule has 0 spiro atoms. The third-order valence-corrected chi connectivity index (χ3v) is 4.56. The fraction of sp³-hybridized carbons (Fsp3) is 0.562. The second kappa shape index (κ2) is 6.34. The highest BCUT2D eigenvalue weighted by Crippen LogP contribution is 2.29. The number of rotatable bonds is 3. The van der Waals surface area contributed by atoms with Crippen molar-refractivity contribution in [3.8, 4) is 0 Å². The summed E-state index contributed by atoms with van der Waals surface area (Å²) in [5.74, 6) is 0.191. The van der Waals surface area contributed by atoms with Crippen LogP contribution in [0.1, 0.15) is 29.6 Å². The molecule has 1 aromatic heterocycles. The number of ether oxygens (including phenoxy) is 1. The van der Waals surface area contributed by atoms with Gasteiger partial charge in [0, 0.05) is 38.3 Å². The highest BCUT2D eigenvalue weighted by Gasteiger charge is 2.31. The summed E-state index contributed by atoms with van der Waals surface area (Å²) in [6.45, 7) is 3.01. The van der Waals surface area contributed by atoms with Crippen LogP contribution < -0.4 is 4.90 Å². The van der Waals surface area contributed by atoms with E-state index < -0.39 is 0 Å². The van der Waals surface area contributed by atoms with Crippen LogP contribution >= 0.6 is 0 Å². The molecule has 6 nitrogen and oxygen atoms in total. The minimum absolute atomic E-state index is 0.260. The number of esters is 1. The number of hydrogen-bond donors (Lipinski definition) is 0. The molecule has 0 N–H and O–H groups in total. The molecule has 0 bridgehead atoms. The van der Waals surface area contributed by atoms with Gasteiger partial charge in [-0.05, 0) is 18.9 Å². The van der Waals surface area contributed by atoms with E-state index in [-0.39, 0.29) is 11.9 Å². The molecule has 1 aliphatic heterocycles. The zero-order valence-electron chi connectivity index (χ0n) is 12.8. The molecule has 1 saturated carbocycles. The van der Waals surface area contributed by atoms with Crippen LogP contribution in [0.5, 0.6) is 0 Å². The van der Waals surface area contributed by atoms with Crippen LogP contribution in [-0.4, -0.2) is 55.0 Å². The van der Waals surface area contributed by atoms with E-state index >= 15 is 0 Å². The summed E-state index contributed by atoms with van der Waals surface area (Å²) in [7, 11) is 1.36. The fourth-order valence-electron chi connectivity index (χ4n) is 2.93. The number of anilines is 1. The molecule has 1 amide bonds. The minimum atomic E-state index is -0.381. The lowest BCUT2D eigenvalue weighted by Gasteiger charge is -2.39. The van der Waals surface area contributed by atoms with Crippen molar-refractivity contribution in [3.05, 3.63) is 24.0 Å². The molecule has 2 fully saturated rings. The summed E-state index contributed by atoms with van der Waals surface area (Å²) in [5, 5.41) is 0. The van der Waals surface area contributed by atoms with E-state index in [4.69, 9.17) is 4.74 Å². The quantitative estimate of drug-likeness (QED) is 0.788. The van der Waals surface area contributed by atoms with Gasteiger partial charge in [-0.15, -0.1) is 0 Å². The van der Waals surface area contributed by atoms with Crippen LogP contribution in [0.25, 0.3) is 0 Å². The first kappa shape index (κ1) is 14.8. The van der Waals surface area contributed by atoms with Crippen molar-refractivity contribution >= 4 is 17.6 Å². The van der Waals surface area contributed by atoms with Crippen molar-refractivity contribution in [2.45, 2.75) is 19.3 Å². The predicted molar refractivity (Wildman–Crippen MR) is 81.7 cm³/mol. The third-order valence-electron chi connectivity index (χ3n) is 4.56. The molecular weight excluding hydrogens is 282 g/mol. The van der Waals surface area contributed by atoms with E-state index in [1.807, 2.05) is 4.90 Å². The maximum Gasteiger partial charge on any atom is 0.339 e. The van der Waals surface area contributed by atoms with Gasteiger partial charge >= 0.3 is 5.97 Å². The number of piperazine rings is 1. The number of carbonyl (C=O) groups excluding carboxylic acids is 2. The highest BCUT2D eigenvalue weighted by atomic mass is 16.5. The van der Waals surface area contributed by atoms with E-state index in [2.05, 4.69) is 9.88 Å². The Morgan fingerprint density at radius 3 is 2.50 bits per heavy atom. The first-order valence-corrected chi connectivity index (χ1v) is 7.76. The maximum absolute atomic E-state index is 12.2. The molecule has 0 unspecified atom stereocenters. The zero-order valence-corrected chi connectivity index (χ0v) is 12.8. The van der Waals surface area contributed by atoms with Gasteiger partial charge < -0.3 is 14.5 Å². The number of nitrogens with zero attached hydrogens (tertiary/aromatic N) is 3. The normalized spacial score (nSPS) is 18.8. The molecule has 118 valence electrons. The smallest absolute Gasteiger partial charge is 0.339 e. The van der Waals surface area contributed by atoms with Crippen molar-refractivity contribution < 1.29 is 14.3 Å². The Bertz CT molecular complexity index is 564. The highest BCUT2D eigenvalue weighted by molar-refractivity contribution is 5.90. The molecule has 1 aliphatic carbocycles. The summed E-state index contributed by atoms with van der Waals surface area (Å²) in [6.07, 6.45) is 6.53. The number of hydrogen-bond acceptors (Lipinski definition) is 5. The fourth-order valence-corrected chi connectivity index (χ4v) is 2.93. The molecule has 1 saturated heterocycles. The SMILES string of the molecule is COC(=O)c1cncc(N2CCN(C(=O)C3CCC3)CC2)c1. The molecule has 3 rings (SSSR count). The molecule has 22 heavy (non-hydrogen) atoms. The van der Waals surface area contributed by atoms with E-state index in [1.165, 1.54) is 19.7 Å². The van der Waals surface area contributed by atoms with Crippen molar-refractivity contribution in [2.24, 2.45) is 5.92 Å². The monoisotopic (exact) mass is 303 g/mol. The van der Waals surface area contributed by atoms with Gasteiger partial charge in [0.05, 0.1) is 24.6 Å². The Kier molecular flexibility index (Phi) is 4.27. The summed E-state index contributed by atoms with van der Waals surface area (Å²) in [6, 6.07) is 1.79. The Hall–Kier alpha value is -2.11. The van der Waals surface area contributed by atoms with E-state index in [1.54, 1.807) is 12.3 Å². The van der Waals surface area contributed by atoms with E-state index in [9.17, 15) is 9.59 Å². The average Bonchev–Trinajstić information content (AvgIpc) is 2.52. The Labute approximate surface area is 130 Å². The Balaban J connectivity index is 1.61. The van der Waals surface area contributed by atoms with Gasteiger partial charge in [0.1, 0.15) is 0 Å². The Morgan fingerprint density at radius 1 is 1.18 bits per heavy atom. The van der Waals surface area contributed by atoms with Crippen LogP contribution in [0.2, 0.25) is 0 Å². The van der Waals surface area contributed by atoms with Gasteiger partial charge in [0.25, 0.3) is 0 Å². The summed E-state index contributed by atoms with van der Waals surface area (Å²) < 4.78 is 4.72. The summed E-state index contributed by atoms with van der Waals surface area (Å²) in [4.78, 5) is 32.0. The first-order chi connectivity index (χ1) is 10.7. The predicted octanol–water partition coefficient (Wildman–Crippen LogP) is 1.32. The van der Waals surface area contributed by atoms with Gasteiger partial charge in [0.2, 0.25) is 5.91 Å². The second-order valence-corrected chi connectivity index (χ2v) is 5.86. The van der Waals surface area contributed by atoms with Gasteiger partial charge in [0.15, 0.2) is 0 Å². The lowest BCUT2D eigenvalue weighted by Crippen LogP contribution is -2.51. The van der Waals surface area contributed by atoms with Crippen LogP contribution in [0.3, 0.4) is 0 Å². The van der Waals surface area contributed by atoms with Crippen LogP contribution in [-0.2, 0) is 9.53 Å². The lowest BCUT2D eigenvalue weighted by molar-refractivity contribution is -0.138. The van der Waals surface area contributed by atoms with Crippen LogP contribution in [0.15, 0.2) is 18.5 Å². The Morgan fingerprint density at radius 2 is 1.91 bits per heavy atom. The molecule has 2 heterocycles. The number of amides is 1. The molecule has 1 aromatic rings. The lowest BCUT2D eigenvalue weighted by atomic mass is 9.84.